The molecule has 0 unspecified atom stereocenters. The molecule has 0 aliphatic rings. The van der Waals surface area contributed by atoms with Gasteiger partial charge in [-0.3, -0.25) is 10.1 Å². The minimum absolute atomic E-state index is 0.258. The Morgan fingerprint density at radius 2 is 1.73 bits per heavy atom. The number of carbonyl (C=O) groups is 1. The van der Waals surface area contributed by atoms with Crippen molar-refractivity contribution in [3.8, 4) is 11.5 Å². The van der Waals surface area contributed by atoms with Gasteiger partial charge in [-0.15, -0.1) is 0 Å². The highest BCUT2D eigenvalue weighted by molar-refractivity contribution is 6.04. The van der Waals surface area contributed by atoms with Gasteiger partial charge >= 0.3 is 0 Å². The fourth-order valence-electron chi connectivity index (χ4n) is 3.57. The number of para-hydroxylation sites is 2. The number of anilines is 1. The van der Waals surface area contributed by atoms with Crippen molar-refractivity contribution in [3.63, 3.8) is 0 Å². The first-order valence-corrected chi connectivity index (χ1v) is 10.2. The zero-order valence-corrected chi connectivity index (χ0v) is 18.4. The van der Waals surface area contributed by atoms with Crippen molar-refractivity contribution >= 4 is 22.9 Å². The van der Waals surface area contributed by atoms with Crippen molar-refractivity contribution in [2.45, 2.75) is 27.3 Å². The minimum atomic E-state index is -0.258. The molecule has 1 amide bonds. The van der Waals surface area contributed by atoms with Crippen molar-refractivity contribution in [1.29, 1.82) is 0 Å². The van der Waals surface area contributed by atoms with Crippen LogP contribution in [0.25, 0.3) is 11.0 Å². The topological polar surface area (TPSA) is 68.6 Å². The second-order valence-electron chi connectivity index (χ2n) is 7.06. The lowest BCUT2D eigenvalue weighted by Crippen LogP contribution is -2.27. The van der Waals surface area contributed by atoms with Gasteiger partial charge in [0.05, 0.1) is 25.3 Å². The largest absolute Gasteiger partial charge is 0.496 e. The summed E-state index contributed by atoms with van der Waals surface area (Å²) in [6.07, 6.45) is 0. The number of hydrogen-bond donors (Lipinski definition) is 1. The molecule has 30 heavy (non-hydrogen) atoms. The summed E-state index contributed by atoms with van der Waals surface area (Å²) in [6, 6.07) is 11.4. The smallest absolute Gasteiger partial charge is 0.258 e. The van der Waals surface area contributed by atoms with E-state index in [1.807, 2.05) is 31.2 Å². The number of amides is 1. The van der Waals surface area contributed by atoms with E-state index < -0.39 is 0 Å². The molecule has 0 fully saturated rings. The average Bonchev–Trinajstić information content (AvgIpc) is 3.11. The van der Waals surface area contributed by atoms with Gasteiger partial charge in [-0.2, -0.15) is 0 Å². The molecule has 0 bridgehead atoms. The van der Waals surface area contributed by atoms with Crippen molar-refractivity contribution in [2.75, 3.05) is 39.2 Å². The molecule has 160 valence electrons. The Morgan fingerprint density at radius 3 is 2.33 bits per heavy atom. The van der Waals surface area contributed by atoms with Gasteiger partial charge in [-0.1, -0.05) is 26.0 Å². The molecular weight excluding hydrogens is 380 g/mol. The number of methoxy groups -OCH3 is 2. The summed E-state index contributed by atoms with van der Waals surface area (Å²) < 4.78 is 12.9. The maximum atomic E-state index is 13.1. The molecule has 2 aromatic carbocycles. The molecule has 7 nitrogen and oxygen atoms in total. The molecule has 0 spiro atoms. The second kappa shape index (κ2) is 9.63. The monoisotopic (exact) mass is 410 g/mol. The predicted octanol–water partition coefficient (Wildman–Crippen LogP) is 3.96. The van der Waals surface area contributed by atoms with Gasteiger partial charge in [0.25, 0.3) is 5.91 Å². The summed E-state index contributed by atoms with van der Waals surface area (Å²) in [5.41, 5.74) is 3.16. The summed E-state index contributed by atoms with van der Waals surface area (Å²) in [6.45, 7) is 9.76. The van der Waals surface area contributed by atoms with E-state index in [0.717, 1.165) is 42.8 Å². The van der Waals surface area contributed by atoms with Crippen LogP contribution in [0.1, 0.15) is 29.8 Å². The van der Waals surface area contributed by atoms with E-state index >= 15 is 0 Å². The number of carbonyl (C=O) groups excluding carboxylic acids is 1. The van der Waals surface area contributed by atoms with Gasteiger partial charge in [0.15, 0.2) is 0 Å². The van der Waals surface area contributed by atoms with Gasteiger partial charge in [-0.05, 0) is 44.3 Å². The van der Waals surface area contributed by atoms with Crippen LogP contribution in [0.3, 0.4) is 0 Å². The lowest BCUT2D eigenvalue weighted by molar-refractivity contribution is 0.102. The maximum absolute atomic E-state index is 13.1. The Morgan fingerprint density at radius 1 is 1.10 bits per heavy atom. The summed E-state index contributed by atoms with van der Waals surface area (Å²) in [7, 11) is 3.16. The third-order valence-electron chi connectivity index (χ3n) is 5.43. The van der Waals surface area contributed by atoms with Crippen LogP contribution >= 0.6 is 0 Å². The van der Waals surface area contributed by atoms with Crippen LogP contribution in [-0.4, -0.2) is 54.2 Å². The zero-order valence-electron chi connectivity index (χ0n) is 18.4. The first-order chi connectivity index (χ1) is 14.5. The number of imidazole rings is 1. The normalized spacial score (nSPS) is 11.1. The van der Waals surface area contributed by atoms with Crippen LogP contribution in [0, 0.1) is 6.92 Å². The fraction of sp³-hybridized carbons (Fsp3) is 0.391. The van der Waals surface area contributed by atoms with Crippen molar-refractivity contribution in [2.24, 2.45) is 0 Å². The van der Waals surface area contributed by atoms with Crippen LogP contribution < -0.4 is 14.8 Å². The molecule has 0 radical (unpaired) electrons. The zero-order chi connectivity index (χ0) is 21.7. The molecule has 0 aliphatic heterocycles. The molecule has 1 N–H and O–H groups in total. The Hall–Kier alpha value is -3.06. The van der Waals surface area contributed by atoms with E-state index in [9.17, 15) is 4.79 Å². The highest BCUT2D eigenvalue weighted by Crippen LogP contribution is 2.30. The van der Waals surface area contributed by atoms with Crippen LogP contribution in [0.2, 0.25) is 0 Å². The van der Waals surface area contributed by atoms with E-state index in [1.54, 1.807) is 26.4 Å². The van der Waals surface area contributed by atoms with E-state index in [4.69, 9.17) is 9.47 Å². The van der Waals surface area contributed by atoms with Gasteiger partial charge in [-0.25, -0.2) is 4.98 Å². The molecule has 0 saturated heterocycles. The molecule has 3 aromatic rings. The van der Waals surface area contributed by atoms with Crippen LogP contribution in [-0.2, 0) is 6.54 Å². The number of hydrogen-bond acceptors (Lipinski definition) is 5. The first kappa shape index (κ1) is 21.6. The standard InChI is InChI=1S/C23H30N4O3/c1-6-26(7-2)12-13-27-19-11-9-8-10-18(19)24-23(27)25-22(28)17-14-20(29-4)16(3)21(15-17)30-5/h8-11,14-15H,6-7,12-13H2,1-5H3,(H,24,25,28). The summed E-state index contributed by atoms with van der Waals surface area (Å²) in [5, 5.41) is 2.98. The predicted molar refractivity (Wildman–Crippen MR) is 120 cm³/mol. The lowest BCUT2D eigenvalue weighted by Gasteiger charge is -2.19. The Bertz CT molecular complexity index is 999. The number of benzene rings is 2. The summed E-state index contributed by atoms with van der Waals surface area (Å²) >= 11 is 0. The van der Waals surface area contributed by atoms with Crippen molar-refractivity contribution in [3.05, 3.63) is 47.5 Å². The van der Waals surface area contributed by atoms with Crippen LogP contribution in [0.15, 0.2) is 36.4 Å². The molecule has 1 aromatic heterocycles. The number of nitrogens with zero attached hydrogens (tertiary/aromatic N) is 3. The van der Waals surface area contributed by atoms with Gasteiger partial charge in [0.1, 0.15) is 11.5 Å². The van der Waals surface area contributed by atoms with Gasteiger partial charge in [0.2, 0.25) is 5.95 Å². The fourth-order valence-corrected chi connectivity index (χ4v) is 3.57. The molecule has 0 saturated carbocycles. The highest BCUT2D eigenvalue weighted by atomic mass is 16.5. The summed E-state index contributed by atoms with van der Waals surface area (Å²) in [4.78, 5) is 20.1. The van der Waals surface area contributed by atoms with Gasteiger partial charge in [0, 0.05) is 24.2 Å². The highest BCUT2D eigenvalue weighted by Gasteiger charge is 2.18. The molecule has 3 rings (SSSR count). The Kier molecular flexibility index (Phi) is 6.95. The van der Waals surface area contributed by atoms with E-state index in [-0.39, 0.29) is 5.91 Å². The average molecular weight is 411 g/mol. The Labute approximate surface area is 177 Å². The third kappa shape index (κ3) is 4.41. The number of nitrogens with one attached hydrogen (secondary N) is 1. The first-order valence-electron chi connectivity index (χ1n) is 10.2. The number of rotatable bonds is 9. The SMILES string of the molecule is CCN(CC)CCn1c(NC(=O)c2cc(OC)c(C)c(OC)c2)nc2ccccc21. The molecule has 1 heterocycles. The number of ether oxygens (including phenoxy) is 2. The quantitative estimate of drug-likeness (QED) is 0.578. The number of aromatic nitrogens is 2. The summed E-state index contributed by atoms with van der Waals surface area (Å²) in [5.74, 6) is 1.49. The molecular formula is C23H30N4O3. The second-order valence-corrected chi connectivity index (χ2v) is 7.06. The lowest BCUT2D eigenvalue weighted by atomic mass is 10.1. The van der Waals surface area contributed by atoms with E-state index in [0.29, 0.717) is 23.0 Å². The third-order valence-corrected chi connectivity index (χ3v) is 5.43. The van der Waals surface area contributed by atoms with Gasteiger partial charge < -0.3 is 18.9 Å². The number of likely N-dealkylation sites (N-methyl/N-ethyl adjacent to an activating group) is 1. The minimum Gasteiger partial charge on any atom is -0.496 e. The molecule has 0 atom stereocenters. The molecule has 7 heteroatoms. The van der Waals surface area contributed by atoms with Crippen LogP contribution in [0.4, 0.5) is 5.95 Å². The molecule has 0 aliphatic carbocycles. The maximum Gasteiger partial charge on any atom is 0.258 e. The van der Waals surface area contributed by atoms with E-state index in [1.165, 1.54) is 0 Å². The Balaban J connectivity index is 1.93. The van der Waals surface area contributed by atoms with Crippen molar-refractivity contribution in [1.82, 2.24) is 14.5 Å². The van der Waals surface area contributed by atoms with E-state index in [2.05, 4.69) is 33.6 Å². The van der Waals surface area contributed by atoms with Crippen molar-refractivity contribution < 1.29 is 14.3 Å². The number of fused-ring (bicyclic) bond motifs is 1. The van der Waals surface area contributed by atoms with Crippen LogP contribution in [0.5, 0.6) is 11.5 Å².